The SMILES string of the molecule is COCOc1cccc(C=CC(=O)O)c1OCOC. The number of hydrogen-bond donors (Lipinski definition) is 1. The molecule has 6 nitrogen and oxygen atoms in total. The van der Waals surface area contributed by atoms with Gasteiger partial charge in [-0.15, -0.1) is 0 Å². The zero-order chi connectivity index (χ0) is 14.1. The number of ether oxygens (including phenoxy) is 4. The molecule has 0 radical (unpaired) electrons. The Labute approximate surface area is 111 Å². The van der Waals surface area contributed by atoms with E-state index in [9.17, 15) is 4.79 Å². The fraction of sp³-hybridized carbons (Fsp3) is 0.308. The van der Waals surface area contributed by atoms with Gasteiger partial charge >= 0.3 is 5.97 Å². The molecule has 0 saturated carbocycles. The van der Waals surface area contributed by atoms with Crippen molar-refractivity contribution in [1.82, 2.24) is 0 Å². The molecule has 1 rings (SSSR count). The molecule has 0 unspecified atom stereocenters. The summed E-state index contributed by atoms with van der Waals surface area (Å²) >= 11 is 0. The van der Waals surface area contributed by atoms with Crippen molar-refractivity contribution in [2.24, 2.45) is 0 Å². The highest BCUT2D eigenvalue weighted by molar-refractivity contribution is 5.86. The van der Waals surface area contributed by atoms with E-state index < -0.39 is 5.97 Å². The molecule has 0 heterocycles. The van der Waals surface area contributed by atoms with Gasteiger partial charge in [-0.05, 0) is 12.1 Å². The number of hydrogen-bond acceptors (Lipinski definition) is 5. The summed E-state index contributed by atoms with van der Waals surface area (Å²) in [6.45, 7) is 0.0940. The van der Waals surface area contributed by atoms with E-state index in [1.807, 2.05) is 0 Å². The van der Waals surface area contributed by atoms with E-state index >= 15 is 0 Å². The van der Waals surface area contributed by atoms with Gasteiger partial charge in [0, 0.05) is 25.9 Å². The fourth-order valence-corrected chi connectivity index (χ4v) is 1.33. The molecule has 0 atom stereocenters. The standard InChI is InChI=1S/C13H16O6/c1-16-8-18-11-5-3-4-10(6-7-12(14)15)13(11)19-9-17-2/h3-7H,8-9H2,1-2H3,(H,14,15). The Morgan fingerprint density at radius 1 is 1.21 bits per heavy atom. The summed E-state index contributed by atoms with van der Waals surface area (Å²) in [5, 5.41) is 8.65. The average molecular weight is 268 g/mol. The number of methoxy groups -OCH3 is 2. The molecule has 0 spiro atoms. The highest BCUT2D eigenvalue weighted by atomic mass is 16.7. The first-order chi connectivity index (χ1) is 9.19. The van der Waals surface area contributed by atoms with Crippen LogP contribution < -0.4 is 9.47 Å². The second-order valence-electron chi connectivity index (χ2n) is 3.45. The highest BCUT2D eigenvalue weighted by Gasteiger charge is 2.09. The monoisotopic (exact) mass is 268 g/mol. The van der Waals surface area contributed by atoms with Gasteiger partial charge in [0.1, 0.15) is 0 Å². The van der Waals surface area contributed by atoms with Crippen LogP contribution in [0.3, 0.4) is 0 Å². The summed E-state index contributed by atoms with van der Waals surface area (Å²) in [5.41, 5.74) is 0.577. The molecule has 0 aliphatic carbocycles. The van der Waals surface area contributed by atoms with Crippen LogP contribution in [0.4, 0.5) is 0 Å². The van der Waals surface area contributed by atoms with E-state index in [-0.39, 0.29) is 13.6 Å². The second-order valence-corrected chi connectivity index (χ2v) is 3.45. The Balaban J connectivity index is 3.02. The summed E-state index contributed by atoms with van der Waals surface area (Å²) in [7, 11) is 3.00. The van der Waals surface area contributed by atoms with Gasteiger partial charge in [0.25, 0.3) is 0 Å². The van der Waals surface area contributed by atoms with Gasteiger partial charge in [-0.25, -0.2) is 4.79 Å². The van der Waals surface area contributed by atoms with Gasteiger partial charge in [0.2, 0.25) is 0 Å². The number of carboxylic acids is 1. The lowest BCUT2D eigenvalue weighted by Crippen LogP contribution is -2.05. The van der Waals surface area contributed by atoms with Crippen molar-refractivity contribution in [3.8, 4) is 11.5 Å². The van der Waals surface area contributed by atoms with Crippen molar-refractivity contribution in [2.75, 3.05) is 27.8 Å². The Bertz CT molecular complexity index is 441. The summed E-state index contributed by atoms with van der Waals surface area (Å²) < 4.78 is 20.4. The third kappa shape index (κ3) is 4.99. The van der Waals surface area contributed by atoms with Gasteiger partial charge < -0.3 is 24.1 Å². The minimum atomic E-state index is -1.04. The Morgan fingerprint density at radius 3 is 2.53 bits per heavy atom. The molecule has 0 amide bonds. The van der Waals surface area contributed by atoms with Crippen molar-refractivity contribution in [2.45, 2.75) is 0 Å². The van der Waals surface area contributed by atoms with Crippen molar-refractivity contribution in [1.29, 1.82) is 0 Å². The Hall–Kier alpha value is -2.05. The van der Waals surface area contributed by atoms with Gasteiger partial charge in [0.15, 0.2) is 25.1 Å². The number of carboxylic acid groups (broad SMARTS) is 1. The minimum absolute atomic E-state index is 0.0290. The van der Waals surface area contributed by atoms with Crippen LogP contribution >= 0.6 is 0 Å². The van der Waals surface area contributed by atoms with Crippen LogP contribution in [-0.2, 0) is 14.3 Å². The Kier molecular flexibility index (Phi) is 6.42. The van der Waals surface area contributed by atoms with E-state index in [1.54, 1.807) is 18.2 Å². The molecule has 0 aromatic heterocycles. The third-order valence-corrected chi connectivity index (χ3v) is 2.07. The molecular formula is C13H16O6. The number of carbonyl (C=O) groups is 1. The number of para-hydroxylation sites is 1. The fourth-order valence-electron chi connectivity index (χ4n) is 1.33. The van der Waals surface area contributed by atoms with Crippen LogP contribution in [0.25, 0.3) is 6.08 Å². The lowest BCUT2D eigenvalue weighted by atomic mass is 10.1. The molecule has 0 aliphatic heterocycles. The first-order valence-electron chi connectivity index (χ1n) is 5.46. The number of rotatable bonds is 8. The van der Waals surface area contributed by atoms with Gasteiger partial charge in [0.05, 0.1) is 0 Å². The molecule has 104 valence electrons. The highest BCUT2D eigenvalue weighted by Crippen LogP contribution is 2.32. The smallest absolute Gasteiger partial charge is 0.328 e. The first-order valence-corrected chi connectivity index (χ1v) is 5.46. The number of aliphatic carboxylic acids is 1. The minimum Gasteiger partial charge on any atom is -0.478 e. The van der Waals surface area contributed by atoms with Crippen LogP contribution in [0.2, 0.25) is 0 Å². The van der Waals surface area contributed by atoms with E-state index in [0.717, 1.165) is 6.08 Å². The van der Waals surface area contributed by atoms with Crippen molar-refractivity contribution >= 4 is 12.0 Å². The van der Waals surface area contributed by atoms with Crippen molar-refractivity contribution in [3.05, 3.63) is 29.8 Å². The number of benzene rings is 1. The summed E-state index contributed by atoms with van der Waals surface area (Å²) in [5.74, 6) is -0.189. The van der Waals surface area contributed by atoms with Gasteiger partial charge in [-0.2, -0.15) is 0 Å². The molecule has 19 heavy (non-hydrogen) atoms. The van der Waals surface area contributed by atoms with Crippen LogP contribution in [0.15, 0.2) is 24.3 Å². The third-order valence-electron chi connectivity index (χ3n) is 2.07. The summed E-state index contributed by atoms with van der Waals surface area (Å²) in [6.07, 6.45) is 2.45. The van der Waals surface area contributed by atoms with E-state index in [4.69, 9.17) is 24.1 Å². The molecule has 1 N–H and O–H groups in total. The molecule has 0 fully saturated rings. The predicted molar refractivity (Wildman–Crippen MR) is 68.1 cm³/mol. The van der Waals surface area contributed by atoms with Crippen LogP contribution in [0, 0.1) is 0 Å². The van der Waals surface area contributed by atoms with Crippen molar-refractivity contribution in [3.63, 3.8) is 0 Å². The van der Waals surface area contributed by atoms with Crippen LogP contribution in [-0.4, -0.2) is 38.9 Å². The molecule has 0 bridgehead atoms. The largest absolute Gasteiger partial charge is 0.478 e. The maximum absolute atomic E-state index is 10.6. The second kappa shape index (κ2) is 8.12. The lowest BCUT2D eigenvalue weighted by molar-refractivity contribution is -0.131. The molecule has 1 aromatic rings. The van der Waals surface area contributed by atoms with Crippen LogP contribution in [0.1, 0.15) is 5.56 Å². The average Bonchev–Trinajstić information content (AvgIpc) is 2.41. The molecule has 0 saturated heterocycles. The molecule has 6 heteroatoms. The van der Waals surface area contributed by atoms with E-state index in [0.29, 0.717) is 17.1 Å². The topological polar surface area (TPSA) is 74.2 Å². The maximum atomic E-state index is 10.6. The predicted octanol–water partition coefficient (Wildman–Crippen LogP) is 1.75. The normalized spacial score (nSPS) is 10.6. The van der Waals surface area contributed by atoms with Crippen molar-refractivity contribution < 1.29 is 28.8 Å². The quantitative estimate of drug-likeness (QED) is 0.572. The summed E-state index contributed by atoms with van der Waals surface area (Å²) in [4.78, 5) is 10.6. The lowest BCUT2D eigenvalue weighted by Gasteiger charge is -2.13. The molecular weight excluding hydrogens is 252 g/mol. The maximum Gasteiger partial charge on any atom is 0.328 e. The zero-order valence-corrected chi connectivity index (χ0v) is 10.8. The van der Waals surface area contributed by atoms with Gasteiger partial charge in [-0.3, -0.25) is 0 Å². The van der Waals surface area contributed by atoms with E-state index in [1.165, 1.54) is 20.3 Å². The van der Waals surface area contributed by atoms with Gasteiger partial charge in [-0.1, -0.05) is 12.1 Å². The zero-order valence-electron chi connectivity index (χ0n) is 10.8. The van der Waals surface area contributed by atoms with E-state index in [2.05, 4.69) is 0 Å². The Morgan fingerprint density at radius 2 is 1.89 bits per heavy atom. The summed E-state index contributed by atoms with van der Waals surface area (Å²) in [6, 6.07) is 5.14. The first kappa shape index (κ1) is 15.0. The molecule has 1 aromatic carbocycles. The molecule has 0 aliphatic rings. The van der Waals surface area contributed by atoms with Crippen LogP contribution in [0.5, 0.6) is 11.5 Å².